The molecule has 0 amide bonds. The van der Waals surface area contributed by atoms with Crippen molar-refractivity contribution in [2.75, 3.05) is 0 Å². The van der Waals surface area contributed by atoms with E-state index in [2.05, 4.69) is 5.32 Å². The van der Waals surface area contributed by atoms with E-state index in [9.17, 15) is 4.79 Å². The molecule has 0 heterocycles. The van der Waals surface area contributed by atoms with Crippen LogP contribution in [-0.4, -0.2) is 23.7 Å². The predicted molar refractivity (Wildman–Crippen MR) is 60.7 cm³/mol. The van der Waals surface area contributed by atoms with Gasteiger partial charge in [-0.1, -0.05) is 12.8 Å². The summed E-state index contributed by atoms with van der Waals surface area (Å²) in [6, 6.07) is 0.319. The van der Waals surface area contributed by atoms with Crippen molar-refractivity contribution in [1.29, 1.82) is 0 Å². The Kier molecular flexibility index (Phi) is 4.14. The van der Waals surface area contributed by atoms with Crippen LogP contribution in [0.2, 0.25) is 0 Å². The molecular formula is C12H23NO2. The molecule has 1 aliphatic rings. The van der Waals surface area contributed by atoms with Crippen LogP contribution in [0.15, 0.2) is 0 Å². The van der Waals surface area contributed by atoms with Crippen molar-refractivity contribution in [1.82, 2.24) is 5.32 Å². The summed E-state index contributed by atoms with van der Waals surface area (Å²) in [5.41, 5.74) is -0.386. The van der Waals surface area contributed by atoms with Gasteiger partial charge in [0.05, 0.1) is 0 Å². The van der Waals surface area contributed by atoms with Gasteiger partial charge in [-0.05, 0) is 40.5 Å². The van der Waals surface area contributed by atoms with Crippen LogP contribution in [0, 0.1) is 0 Å². The Hall–Kier alpha value is -0.570. The molecule has 0 unspecified atom stereocenters. The minimum Gasteiger partial charge on any atom is -0.459 e. The fourth-order valence-corrected chi connectivity index (χ4v) is 1.90. The molecule has 0 aliphatic heterocycles. The van der Waals surface area contributed by atoms with Crippen LogP contribution < -0.4 is 5.32 Å². The number of hydrogen-bond acceptors (Lipinski definition) is 3. The molecule has 15 heavy (non-hydrogen) atoms. The molecule has 1 rings (SSSR count). The zero-order valence-corrected chi connectivity index (χ0v) is 10.3. The third kappa shape index (κ3) is 4.65. The average molecular weight is 213 g/mol. The molecule has 0 aromatic heterocycles. The highest BCUT2D eigenvalue weighted by Crippen LogP contribution is 2.18. The first-order valence-electron chi connectivity index (χ1n) is 5.87. The van der Waals surface area contributed by atoms with E-state index < -0.39 is 0 Å². The number of esters is 1. The molecule has 1 N–H and O–H groups in total. The van der Waals surface area contributed by atoms with Crippen molar-refractivity contribution in [2.45, 2.75) is 71.1 Å². The van der Waals surface area contributed by atoms with E-state index in [0.29, 0.717) is 6.04 Å². The average Bonchev–Trinajstić information content (AvgIpc) is 2.53. The van der Waals surface area contributed by atoms with Crippen LogP contribution >= 0.6 is 0 Å². The number of nitrogens with one attached hydrogen (secondary N) is 1. The Morgan fingerprint density at radius 1 is 1.33 bits per heavy atom. The Balaban J connectivity index is 2.32. The molecule has 1 atom stereocenters. The van der Waals surface area contributed by atoms with Gasteiger partial charge in [0.1, 0.15) is 11.6 Å². The molecule has 0 saturated heterocycles. The largest absolute Gasteiger partial charge is 0.459 e. The summed E-state index contributed by atoms with van der Waals surface area (Å²) in [5.74, 6) is -0.144. The van der Waals surface area contributed by atoms with E-state index in [4.69, 9.17) is 4.74 Å². The van der Waals surface area contributed by atoms with Gasteiger partial charge in [0.2, 0.25) is 0 Å². The van der Waals surface area contributed by atoms with E-state index in [1.54, 1.807) is 0 Å². The van der Waals surface area contributed by atoms with E-state index in [-0.39, 0.29) is 17.6 Å². The number of carbonyl (C=O) groups excluding carboxylic acids is 1. The van der Waals surface area contributed by atoms with Crippen LogP contribution in [-0.2, 0) is 9.53 Å². The van der Waals surface area contributed by atoms with Crippen molar-refractivity contribution in [3.63, 3.8) is 0 Å². The normalized spacial score (nSPS) is 20.3. The second-order valence-corrected chi connectivity index (χ2v) is 5.40. The SMILES string of the molecule is C[C@@H](NC1CCCC1)C(=O)OC(C)(C)C. The number of carbonyl (C=O) groups is 1. The molecule has 0 spiro atoms. The molecule has 1 saturated carbocycles. The van der Waals surface area contributed by atoms with E-state index in [1.165, 1.54) is 25.7 Å². The summed E-state index contributed by atoms with van der Waals surface area (Å²) in [5, 5.41) is 3.33. The summed E-state index contributed by atoms with van der Waals surface area (Å²) in [6.07, 6.45) is 4.93. The molecule has 3 nitrogen and oxygen atoms in total. The lowest BCUT2D eigenvalue weighted by Crippen LogP contribution is -2.43. The zero-order valence-electron chi connectivity index (χ0n) is 10.3. The summed E-state index contributed by atoms with van der Waals surface area (Å²) < 4.78 is 5.31. The first-order valence-corrected chi connectivity index (χ1v) is 5.87. The molecule has 1 aliphatic carbocycles. The number of rotatable bonds is 3. The number of hydrogen-bond donors (Lipinski definition) is 1. The smallest absolute Gasteiger partial charge is 0.323 e. The van der Waals surface area contributed by atoms with E-state index in [1.807, 2.05) is 27.7 Å². The topological polar surface area (TPSA) is 38.3 Å². The molecule has 0 aromatic rings. The first-order chi connectivity index (χ1) is 6.88. The first kappa shape index (κ1) is 12.5. The summed E-state index contributed by atoms with van der Waals surface area (Å²) >= 11 is 0. The van der Waals surface area contributed by atoms with Crippen LogP contribution in [0.25, 0.3) is 0 Å². The van der Waals surface area contributed by atoms with Crippen LogP contribution in [0.1, 0.15) is 53.4 Å². The fraction of sp³-hybridized carbons (Fsp3) is 0.917. The molecule has 88 valence electrons. The van der Waals surface area contributed by atoms with Crippen molar-refractivity contribution in [3.8, 4) is 0 Å². The van der Waals surface area contributed by atoms with Crippen LogP contribution in [0.5, 0.6) is 0 Å². The molecule has 1 fully saturated rings. The third-order valence-electron chi connectivity index (χ3n) is 2.60. The summed E-state index contributed by atoms with van der Waals surface area (Å²) in [4.78, 5) is 11.7. The Labute approximate surface area is 92.6 Å². The standard InChI is InChI=1S/C12H23NO2/c1-9(11(14)15-12(2,3)4)13-10-7-5-6-8-10/h9-10,13H,5-8H2,1-4H3/t9-/m1/s1. The zero-order chi connectivity index (χ0) is 11.5. The quantitative estimate of drug-likeness (QED) is 0.731. The van der Waals surface area contributed by atoms with Gasteiger partial charge in [0.15, 0.2) is 0 Å². The molecule has 3 heteroatoms. The lowest BCUT2D eigenvalue weighted by Gasteiger charge is -2.24. The van der Waals surface area contributed by atoms with Gasteiger partial charge in [-0.3, -0.25) is 4.79 Å². The second-order valence-electron chi connectivity index (χ2n) is 5.40. The minimum absolute atomic E-state index is 0.144. The fourth-order valence-electron chi connectivity index (χ4n) is 1.90. The van der Waals surface area contributed by atoms with Crippen LogP contribution in [0.3, 0.4) is 0 Å². The lowest BCUT2D eigenvalue weighted by atomic mass is 10.2. The van der Waals surface area contributed by atoms with Gasteiger partial charge >= 0.3 is 5.97 Å². The van der Waals surface area contributed by atoms with Crippen molar-refractivity contribution >= 4 is 5.97 Å². The highest BCUT2D eigenvalue weighted by molar-refractivity contribution is 5.75. The van der Waals surface area contributed by atoms with E-state index >= 15 is 0 Å². The predicted octanol–water partition coefficient (Wildman–Crippen LogP) is 2.25. The van der Waals surface area contributed by atoms with Gasteiger partial charge in [-0.25, -0.2) is 0 Å². The van der Waals surface area contributed by atoms with E-state index in [0.717, 1.165) is 0 Å². The third-order valence-corrected chi connectivity index (χ3v) is 2.60. The maximum atomic E-state index is 11.7. The Morgan fingerprint density at radius 3 is 2.33 bits per heavy atom. The number of ether oxygens (including phenoxy) is 1. The summed E-state index contributed by atoms with van der Waals surface area (Å²) in [7, 11) is 0. The van der Waals surface area contributed by atoms with Gasteiger partial charge < -0.3 is 10.1 Å². The second kappa shape index (κ2) is 4.97. The highest BCUT2D eigenvalue weighted by atomic mass is 16.6. The summed E-state index contributed by atoms with van der Waals surface area (Å²) in [6.45, 7) is 7.57. The molecule has 0 bridgehead atoms. The molecule has 0 radical (unpaired) electrons. The monoisotopic (exact) mass is 213 g/mol. The van der Waals surface area contributed by atoms with Gasteiger partial charge in [-0.15, -0.1) is 0 Å². The van der Waals surface area contributed by atoms with Gasteiger partial charge in [0.25, 0.3) is 0 Å². The maximum Gasteiger partial charge on any atom is 0.323 e. The van der Waals surface area contributed by atoms with Crippen molar-refractivity contribution in [2.24, 2.45) is 0 Å². The maximum absolute atomic E-state index is 11.7. The molecular weight excluding hydrogens is 190 g/mol. The van der Waals surface area contributed by atoms with Crippen molar-refractivity contribution in [3.05, 3.63) is 0 Å². The van der Waals surface area contributed by atoms with Gasteiger partial charge in [-0.2, -0.15) is 0 Å². The Bertz CT molecular complexity index is 214. The highest BCUT2D eigenvalue weighted by Gasteiger charge is 2.24. The van der Waals surface area contributed by atoms with Crippen LogP contribution in [0.4, 0.5) is 0 Å². The lowest BCUT2D eigenvalue weighted by molar-refractivity contribution is -0.157. The Morgan fingerprint density at radius 2 is 1.87 bits per heavy atom. The van der Waals surface area contributed by atoms with Gasteiger partial charge in [0, 0.05) is 6.04 Å². The molecule has 0 aromatic carbocycles. The minimum atomic E-state index is -0.386. The van der Waals surface area contributed by atoms with Crippen molar-refractivity contribution < 1.29 is 9.53 Å².